The molecule has 3 heteroatoms. The molecule has 3 nitrogen and oxygen atoms in total. The molecule has 3 aromatic rings. The lowest BCUT2D eigenvalue weighted by Crippen LogP contribution is -2.36. The van der Waals surface area contributed by atoms with Crippen molar-refractivity contribution in [2.24, 2.45) is 17.8 Å². The second kappa shape index (κ2) is 7.81. The predicted octanol–water partition coefficient (Wildman–Crippen LogP) is 6.47. The Bertz CT molecular complexity index is 1130. The van der Waals surface area contributed by atoms with E-state index in [1.54, 1.807) is 0 Å². The molecule has 2 bridgehead atoms. The molecule has 0 spiro atoms. The zero-order valence-corrected chi connectivity index (χ0v) is 18.5. The van der Waals surface area contributed by atoms with Gasteiger partial charge >= 0.3 is 0 Å². The molecule has 2 N–H and O–H groups in total. The highest BCUT2D eigenvalue weighted by molar-refractivity contribution is 5.95. The van der Waals surface area contributed by atoms with Gasteiger partial charge in [-0.15, -0.1) is 0 Å². The fourth-order valence-corrected chi connectivity index (χ4v) is 6.72. The predicted molar refractivity (Wildman–Crippen MR) is 129 cm³/mol. The monoisotopic (exact) mass is 422 g/mol. The second-order valence-corrected chi connectivity index (χ2v) is 9.88. The van der Waals surface area contributed by atoms with Gasteiger partial charge in [0.2, 0.25) is 0 Å². The van der Waals surface area contributed by atoms with Crippen LogP contribution in [-0.2, 0) is 0 Å². The van der Waals surface area contributed by atoms with Crippen LogP contribution in [-0.4, -0.2) is 5.91 Å². The Kier molecular flexibility index (Phi) is 4.78. The summed E-state index contributed by atoms with van der Waals surface area (Å²) in [4.78, 5) is 13.1. The maximum atomic E-state index is 13.1. The van der Waals surface area contributed by atoms with Gasteiger partial charge in [0.25, 0.3) is 5.91 Å². The smallest absolute Gasteiger partial charge is 0.251 e. The summed E-state index contributed by atoms with van der Waals surface area (Å²) in [5.41, 5.74) is 5.85. The first-order valence-corrected chi connectivity index (χ1v) is 12.0. The largest absolute Gasteiger partial charge is 0.378 e. The first kappa shape index (κ1) is 19.6. The minimum absolute atomic E-state index is 0.00837. The average molecular weight is 423 g/mol. The van der Waals surface area contributed by atoms with E-state index in [1.807, 2.05) is 31.2 Å². The molecule has 1 heterocycles. The van der Waals surface area contributed by atoms with Crippen molar-refractivity contribution in [3.05, 3.63) is 101 Å². The van der Waals surface area contributed by atoms with E-state index in [1.165, 1.54) is 36.1 Å². The highest BCUT2D eigenvalue weighted by Crippen LogP contribution is 2.63. The molecule has 0 radical (unpaired) electrons. The average Bonchev–Trinajstić information content (AvgIpc) is 3.47. The van der Waals surface area contributed by atoms with Crippen LogP contribution in [0, 0.1) is 17.8 Å². The Labute approximate surface area is 190 Å². The minimum atomic E-state index is -0.0180. The zero-order chi connectivity index (χ0) is 21.7. The molecule has 3 aromatic carbocycles. The van der Waals surface area contributed by atoms with E-state index in [2.05, 4.69) is 65.2 Å². The van der Waals surface area contributed by atoms with Crippen molar-refractivity contribution in [1.82, 2.24) is 5.32 Å². The fraction of sp³-hybridized carbons (Fsp3) is 0.345. The van der Waals surface area contributed by atoms with Crippen molar-refractivity contribution < 1.29 is 4.79 Å². The van der Waals surface area contributed by atoms with Gasteiger partial charge in [-0.2, -0.15) is 0 Å². The van der Waals surface area contributed by atoms with Gasteiger partial charge in [0, 0.05) is 11.3 Å². The number of nitrogens with one attached hydrogen (secondary N) is 2. The molecule has 162 valence electrons. The standard InChI is InChI=1S/C29H30N2O/c1-18(19-8-4-2-5-9-19)30-29(32)23-14-15-25-24(17-23)26-21-12-13-22(16-21)27(26)28(31-25)20-10-6-3-7-11-20/h2-11,14-15,17-18,21-22,26-28,31H,12-13,16H2,1H3,(H,30,32)/t18-,21+,22-,26+,27-,28-/m0/s1. The van der Waals surface area contributed by atoms with Crippen LogP contribution < -0.4 is 10.6 Å². The van der Waals surface area contributed by atoms with Crippen LogP contribution in [0.5, 0.6) is 0 Å². The molecule has 0 unspecified atom stereocenters. The third-order valence-electron chi connectivity index (χ3n) is 8.16. The van der Waals surface area contributed by atoms with Gasteiger partial charge < -0.3 is 10.6 Å². The van der Waals surface area contributed by atoms with E-state index in [0.29, 0.717) is 17.9 Å². The Balaban J connectivity index is 1.31. The number of amides is 1. The van der Waals surface area contributed by atoms with Crippen LogP contribution in [0.15, 0.2) is 78.9 Å². The Hall–Kier alpha value is -3.07. The highest BCUT2D eigenvalue weighted by Gasteiger charge is 2.53. The molecule has 2 aliphatic carbocycles. The van der Waals surface area contributed by atoms with E-state index in [-0.39, 0.29) is 11.9 Å². The molecule has 2 fully saturated rings. The summed E-state index contributed by atoms with van der Waals surface area (Å²) in [5.74, 6) is 2.71. The third kappa shape index (κ3) is 3.23. The maximum absolute atomic E-state index is 13.1. The van der Waals surface area contributed by atoms with Crippen molar-refractivity contribution in [1.29, 1.82) is 0 Å². The van der Waals surface area contributed by atoms with E-state index >= 15 is 0 Å². The van der Waals surface area contributed by atoms with Crippen molar-refractivity contribution in [2.75, 3.05) is 5.32 Å². The fourth-order valence-electron chi connectivity index (χ4n) is 6.72. The number of rotatable bonds is 4. The van der Waals surface area contributed by atoms with E-state index in [4.69, 9.17) is 0 Å². The lowest BCUT2D eigenvalue weighted by atomic mass is 9.68. The van der Waals surface area contributed by atoms with Crippen LogP contribution in [0.1, 0.15) is 71.2 Å². The molecule has 6 rings (SSSR count). The molecular formula is C29H30N2O. The summed E-state index contributed by atoms with van der Waals surface area (Å²) in [5, 5.41) is 7.06. The zero-order valence-electron chi connectivity index (χ0n) is 18.5. The van der Waals surface area contributed by atoms with E-state index in [0.717, 1.165) is 23.0 Å². The quantitative estimate of drug-likeness (QED) is 0.506. The molecule has 1 aliphatic heterocycles. The van der Waals surface area contributed by atoms with Crippen molar-refractivity contribution in [3.63, 3.8) is 0 Å². The molecule has 1 amide bonds. The molecule has 3 aliphatic rings. The topological polar surface area (TPSA) is 41.1 Å². The molecule has 32 heavy (non-hydrogen) atoms. The lowest BCUT2D eigenvalue weighted by molar-refractivity contribution is 0.0939. The lowest BCUT2D eigenvalue weighted by Gasteiger charge is -2.43. The van der Waals surface area contributed by atoms with Crippen LogP contribution >= 0.6 is 0 Å². The minimum Gasteiger partial charge on any atom is -0.378 e. The number of carbonyl (C=O) groups excluding carboxylic acids is 1. The number of fused-ring (bicyclic) bond motifs is 7. The van der Waals surface area contributed by atoms with Crippen LogP contribution in [0.3, 0.4) is 0 Å². The maximum Gasteiger partial charge on any atom is 0.251 e. The van der Waals surface area contributed by atoms with Gasteiger partial charge in [0.15, 0.2) is 0 Å². The summed E-state index contributed by atoms with van der Waals surface area (Å²) in [6.07, 6.45) is 4.01. The highest BCUT2D eigenvalue weighted by atomic mass is 16.1. The Morgan fingerprint density at radius 2 is 1.66 bits per heavy atom. The summed E-state index contributed by atoms with van der Waals surface area (Å²) in [6, 6.07) is 27.7. The van der Waals surface area contributed by atoms with E-state index < -0.39 is 0 Å². The number of hydrogen-bond donors (Lipinski definition) is 2. The summed E-state index contributed by atoms with van der Waals surface area (Å²) < 4.78 is 0. The van der Waals surface area contributed by atoms with Crippen molar-refractivity contribution >= 4 is 11.6 Å². The van der Waals surface area contributed by atoms with Crippen LogP contribution in [0.2, 0.25) is 0 Å². The summed E-state index contributed by atoms with van der Waals surface area (Å²) in [6.45, 7) is 2.05. The molecular weight excluding hydrogens is 392 g/mol. The third-order valence-corrected chi connectivity index (χ3v) is 8.16. The normalized spacial score (nSPS) is 28.3. The number of hydrogen-bond acceptors (Lipinski definition) is 2. The van der Waals surface area contributed by atoms with Gasteiger partial charge in [-0.25, -0.2) is 0 Å². The van der Waals surface area contributed by atoms with Crippen molar-refractivity contribution in [2.45, 2.75) is 44.2 Å². The van der Waals surface area contributed by atoms with Gasteiger partial charge in [0.1, 0.15) is 0 Å². The SMILES string of the molecule is C[C@H](NC(=O)c1ccc2c(c1)[C@H]1[C@@H]3CC[C@@H](C3)[C@@H]1[C@H](c1ccccc1)N2)c1ccccc1. The van der Waals surface area contributed by atoms with E-state index in [9.17, 15) is 4.79 Å². The Morgan fingerprint density at radius 3 is 2.44 bits per heavy atom. The van der Waals surface area contributed by atoms with Gasteiger partial charge in [0.05, 0.1) is 12.1 Å². The molecule has 2 saturated carbocycles. The van der Waals surface area contributed by atoms with Gasteiger partial charge in [-0.1, -0.05) is 60.7 Å². The number of carbonyl (C=O) groups is 1. The van der Waals surface area contributed by atoms with Crippen LogP contribution in [0.25, 0.3) is 0 Å². The van der Waals surface area contributed by atoms with Crippen molar-refractivity contribution in [3.8, 4) is 0 Å². The number of anilines is 1. The summed E-state index contributed by atoms with van der Waals surface area (Å²) >= 11 is 0. The van der Waals surface area contributed by atoms with Gasteiger partial charge in [-0.05, 0) is 84.7 Å². The first-order valence-electron chi connectivity index (χ1n) is 12.0. The van der Waals surface area contributed by atoms with Crippen LogP contribution in [0.4, 0.5) is 5.69 Å². The Morgan fingerprint density at radius 1 is 0.938 bits per heavy atom. The summed E-state index contributed by atoms with van der Waals surface area (Å²) in [7, 11) is 0. The first-order chi connectivity index (χ1) is 15.7. The molecule has 6 atom stereocenters. The second-order valence-electron chi connectivity index (χ2n) is 9.88. The molecule has 0 saturated heterocycles. The number of benzene rings is 3. The molecule has 0 aromatic heterocycles. The van der Waals surface area contributed by atoms with Gasteiger partial charge in [-0.3, -0.25) is 4.79 Å².